The Morgan fingerprint density at radius 2 is 2.04 bits per heavy atom. The van der Waals surface area contributed by atoms with Crippen LogP contribution in [0.2, 0.25) is 10.0 Å². The van der Waals surface area contributed by atoms with E-state index in [0.29, 0.717) is 23.1 Å². The molecule has 1 aliphatic heterocycles. The molecule has 0 aliphatic carbocycles. The van der Waals surface area contributed by atoms with Crippen molar-refractivity contribution < 1.29 is 4.74 Å². The van der Waals surface area contributed by atoms with Gasteiger partial charge in [-0.05, 0) is 23.8 Å². The molecule has 1 aromatic heterocycles. The SMILES string of the molecule is CN=C(NCc1cccnc1N1CCOCC1)N(C)Cc1ccc(Cl)c(Cl)c1. The van der Waals surface area contributed by atoms with Crippen LogP contribution >= 0.6 is 23.2 Å². The highest BCUT2D eigenvalue weighted by atomic mass is 35.5. The fourth-order valence-electron chi connectivity index (χ4n) is 3.17. The number of pyridine rings is 1. The van der Waals surface area contributed by atoms with Crippen LogP contribution in [0.3, 0.4) is 0 Å². The molecule has 150 valence electrons. The van der Waals surface area contributed by atoms with Gasteiger partial charge in [0.15, 0.2) is 5.96 Å². The zero-order valence-electron chi connectivity index (χ0n) is 16.2. The van der Waals surface area contributed by atoms with Gasteiger partial charge in [-0.15, -0.1) is 0 Å². The highest BCUT2D eigenvalue weighted by Gasteiger charge is 2.16. The van der Waals surface area contributed by atoms with Crippen LogP contribution in [0.5, 0.6) is 0 Å². The van der Waals surface area contributed by atoms with Crippen molar-refractivity contribution in [2.24, 2.45) is 4.99 Å². The van der Waals surface area contributed by atoms with E-state index in [-0.39, 0.29) is 0 Å². The second-order valence-corrected chi connectivity index (χ2v) is 7.41. The Bertz CT molecular complexity index is 824. The van der Waals surface area contributed by atoms with Gasteiger partial charge in [-0.25, -0.2) is 4.98 Å². The summed E-state index contributed by atoms with van der Waals surface area (Å²) in [6, 6.07) is 9.72. The Kier molecular flexibility index (Phi) is 7.36. The third kappa shape index (κ3) is 5.28. The standard InChI is InChI=1S/C20H25Cl2N5O/c1-23-20(26(2)14-15-5-6-17(21)18(22)12-15)25-13-16-4-3-7-24-19(16)27-8-10-28-11-9-27/h3-7,12H,8-11,13-14H2,1-2H3,(H,23,25). The molecule has 0 saturated carbocycles. The van der Waals surface area contributed by atoms with Crippen LogP contribution in [-0.4, -0.2) is 56.2 Å². The van der Waals surface area contributed by atoms with Crippen molar-refractivity contribution >= 4 is 35.0 Å². The fourth-order valence-corrected chi connectivity index (χ4v) is 3.49. The molecule has 1 aliphatic rings. The van der Waals surface area contributed by atoms with E-state index in [1.54, 1.807) is 7.05 Å². The number of nitrogens with zero attached hydrogens (tertiary/aromatic N) is 4. The first-order valence-electron chi connectivity index (χ1n) is 9.21. The zero-order chi connectivity index (χ0) is 19.9. The number of hydrogen-bond donors (Lipinski definition) is 1. The van der Waals surface area contributed by atoms with Crippen molar-refractivity contribution in [3.05, 3.63) is 57.7 Å². The zero-order valence-corrected chi connectivity index (χ0v) is 17.7. The van der Waals surface area contributed by atoms with E-state index in [2.05, 4.69) is 26.3 Å². The molecule has 0 unspecified atom stereocenters. The van der Waals surface area contributed by atoms with Crippen LogP contribution in [0.1, 0.15) is 11.1 Å². The molecule has 6 nitrogen and oxygen atoms in total. The fraction of sp³-hybridized carbons (Fsp3) is 0.400. The summed E-state index contributed by atoms with van der Waals surface area (Å²) in [5, 5.41) is 4.54. The number of rotatable bonds is 5. The number of ether oxygens (including phenoxy) is 1. The lowest BCUT2D eigenvalue weighted by Gasteiger charge is -2.30. The van der Waals surface area contributed by atoms with Gasteiger partial charge in [0.2, 0.25) is 0 Å². The Labute approximate surface area is 176 Å². The van der Waals surface area contributed by atoms with E-state index < -0.39 is 0 Å². The van der Waals surface area contributed by atoms with Crippen molar-refractivity contribution in [3.63, 3.8) is 0 Å². The Balaban J connectivity index is 1.64. The second-order valence-electron chi connectivity index (χ2n) is 6.59. The number of anilines is 1. The van der Waals surface area contributed by atoms with Gasteiger partial charge in [-0.3, -0.25) is 4.99 Å². The minimum Gasteiger partial charge on any atom is -0.378 e. The van der Waals surface area contributed by atoms with Gasteiger partial charge in [-0.1, -0.05) is 35.3 Å². The average molecular weight is 422 g/mol. The summed E-state index contributed by atoms with van der Waals surface area (Å²) in [5.74, 6) is 1.80. The van der Waals surface area contributed by atoms with E-state index in [0.717, 1.165) is 49.2 Å². The molecule has 1 saturated heterocycles. The lowest BCUT2D eigenvalue weighted by atomic mass is 10.2. The predicted molar refractivity (Wildman–Crippen MR) is 115 cm³/mol. The number of guanidine groups is 1. The predicted octanol–water partition coefficient (Wildman–Crippen LogP) is 3.43. The number of nitrogens with one attached hydrogen (secondary N) is 1. The topological polar surface area (TPSA) is 53.0 Å². The first-order chi connectivity index (χ1) is 13.6. The Morgan fingerprint density at radius 1 is 1.25 bits per heavy atom. The van der Waals surface area contributed by atoms with E-state index in [4.69, 9.17) is 27.9 Å². The number of hydrogen-bond acceptors (Lipinski definition) is 4. The van der Waals surface area contributed by atoms with Crippen molar-refractivity contribution in [1.29, 1.82) is 0 Å². The molecule has 1 N–H and O–H groups in total. The quantitative estimate of drug-likeness (QED) is 0.591. The maximum Gasteiger partial charge on any atom is 0.193 e. The summed E-state index contributed by atoms with van der Waals surface area (Å²) < 4.78 is 5.45. The molecule has 0 atom stereocenters. The molecule has 1 fully saturated rings. The first-order valence-corrected chi connectivity index (χ1v) is 9.96. The molecule has 2 heterocycles. The minimum absolute atomic E-state index is 0.557. The van der Waals surface area contributed by atoms with Crippen LogP contribution in [0, 0.1) is 0 Å². The maximum absolute atomic E-state index is 6.13. The number of aliphatic imine (C=N–C) groups is 1. The van der Waals surface area contributed by atoms with E-state index in [1.807, 2.05) is 42.4 Å². The molecule has 1 aromatic carbocycles. The molecule has 0 amide bonds. The molecule has 8 heteroatoms. The van der Waals surface area contributed by atoms with Crippen molar-refractivity contribution in [2.75, 3.05) is 45.3 Å². The monoisotopic (exact) mass is 421 g/mol. The smallest absolute Gasteiger partial charge is 0.193 e. The molecule has 2 aromatic rings. The summed E-state index contributed by atoms with van der Waals surface area (Å²) in [6.07, 6.45) is 1.83. The number of benzene rings is 1. The van der Waals surface area contributed by atoms with Crippen LogP contribution < -0.4 is 10.2 Å². The molecular formula is C20H25Cl2N5O. The van der Waals surface area contributed by atoms with E-state index in [1.165, 1.54) is 0 Å². The van der Waals surface area contributed by atoms with Crippen LogP contribution in [0.25, 0.3) is 0 Å². The second kappa shape index (κ2) is 9.96. The number of halogens is 2. The largest absolute Gasteiger partial charge is 0.378 e. The van der Waals surface area contributed by atoms with Crippen molar-refractivity contribution in [3.8, 4) is 0 Å². The summed E-state index contributed by atoms with van der Waals surface area (Å²) in [6.45, 7) is 4.49. The highest BCUT2D eigenvalue weighted by molar-refractivity contribution is 6.42. The first kappa shape index (κ1) is 20.7. The molecule has 0 bridgehead atoms. The lowest BCUT2D eigenvalue weighted by Crippen LogP contribution is -2.40. The summed E-state index contributed by atoms with van der Waals surface area (Å²) in [4.78, 5) is 13.3. The molecule has 0 radical (unpaired) electrons. The van der Waals surface area contributed by atoms with Crippen LogP contribution in [-0.2, 0) is 17.8 Å². The van der Waals surface area contributed by atoms with Gasteiger partial charge in [-0.2, -0.15) is 0 Å². The number of aromatic nitrogens is 1. The van der Waals surface area contributed by atoms with Crippen LogP contribution in [0.15, 0.2) is 41.5 Å². The van der Waals surface area contributed by atoms with Gasteiger partial charge in [0.05, 0.1) is 23.3 Å². The summed E-state index contributed by atoms with van der Waals surface area (Å²) >= 11 is 12.1. The maximum atomic E-state index is 6.13. The number of morpholine rings is 1. The third-order valence-electron chi connectivity index (χ3n) is 4.59. The van der Waals surface area contributed by atoms with E-state index >= 15 is 0 Å². The van der Waals surface area contributed by atoms with Gasteiger partial charge < -0.3 is 19.9 Å². The van der Waals surface area contributed by atoms with Crippen molar-refractivity contribution in [1.82, 2.24) is 15.2 Å². The molecule has 0 spiro atoms. The van der Waals surface area contributed by atoms with Gasteiger partial charge in [0.25, 0.3) is 0 Å². The third-order valence-corrected chi connectivity index (χ3v) is 5.33. The van der Waals surface area contributed by atoms with Crippen LogP contribution in [0.4, 0.5) is 5.82 Å². The highest BCUT2D eigenvalue weighted by Crippen LogP contribution is 2.23. The minimum atomic E-state index is 0.557. The summed E-state index contributed by atoms with van der Waals surface area (Å²) in [5.41, 5.74) is 2.20. The van der Waals surface area contributed by atoms with Gasteiger partial charge in [0.1, 0.15) is 5.82 Å². The Morgan fingerprint density at radius 3 is 2.75 bits per heavy atom. The summed E-state index contributed by atoms with van der Waals surface area (Å²) in [7, 11) is 3.77. The molecule has 28 heavy (non-hydrogen) atoms. The average Bonchev–Trinajstić information content (AvgIpc) is 2.72. The lowest BCUT2D eigenvalue weighted by molar-refractivity contribution is 0.122. The normalized spacial score (nSPS) is 14.9. The van der Waals surface area contributed by atoms with Crippen molar-refractivity contribution in [2.45, 2.75) is 13.1 Å². The Hall–Kier alpha value is -2.02. The van der Waals surface area contributed by atoms with E-state index in [9.17, 15) is 0 Å². The van der Waals surface area contributed by atoms with Gasteiger partial charge >= 0.3 is 0 Å². The van der Waals surface area contributed by atoms with Gasteiger partial charge in [0, 0.05) is 52.0 Å². The molecular weight excluding hydrogens is 397 g/mol. The molecule has 3 rings (SSSR count).